The molecule has 0 aliphatic carbocycles. The molecule has 1 aliphatic heterocycles. The van der Waals surface area contributed by atoms with Crippen LogP contribution in [0.3, 0.4) is 0 Å². The Balaban J connectivity index is 2.72. The normalized spacial score (nSPS) is 28.6. The first-order valence-corrected chi connectivity index (χ1v) is 4.19. The Morgan fingerprint density at radius 3 is 2.67 bits per heavy atom. The number of likely N-dealkylation sites (tertiary alicyclic amines) is 1. The molecule has 0 saturated carbocycles. The molecule has 1 heterocycles. The highest BCUT2D eigenvalue weighted by Crippen LogP contribution is 2.26. The Hall–Kier alpha value is -0.770. The molecule has 0 spiro atoms. The van der Waals surface area contributed by atoms with Crippen LogP contribution in [0.15, 0.2) is 0 Å². The number of nitrogens with zero attached hydrogens (tertiary/aromatic N) is 1. The largest absolute Gasteiger partial charge is 0.465 e. The zero-order valence-electron chi connectivity index (χ0n) is 7.58. The third-order valence-electron chi connectivity index (χ3n) is 2.51. The van der Waals surface area contributed by atoms with E-state index in [-0.39, 0.29) is 11.6 Å². The molecule has 0 aromatic heterocycles. The summed E-state index contributed by atoms with van der Waals surface area (Å²) in [5.41, 5.74) is 5.43. The van der Waals surface area contributed by atoms with E-state index in [0.29, 0.717) is 6.54 Å². The smallest absolute Gasteiger partial charge is 0.407 e. The average Bonchev–Trinajstić information content (AvgIpc) is 1.94. The van der Waals surface area contributed by atoms with Crippen molar-refractivity contribution in [2.75, 3.05) is 6.54 Å². The highest BCUT2D eigenvalue weighted by atomic mass is 16.4. The fraction of sp³-hybridized carbons (Fsp3) is 0.875. The lowest BCUT2D eigenvalue weighted by molar-refractivity contribution is 0.0609. The molecule has 1 rings (SSSR count). The van der Waals surface area contributed by atoms with Crippen molar-refractivity contribution in [2.24, 2.45) is 5.73 Å². The highest BCUT2D eigenvalue weighted by molar-refractivity contribution is 5.66. The van der Waals surface area contributed by atoms with E-state index in [2.05, 4.69) is 0 Å². The quantitative estimate of drug-likeness (QED) is 0.569. The van der Waals surface area contributed by atoms with Crippen LogP contribution in [0, 0.1) is 0 Å². The lowest BCUT2D eigenvalue weighted by Gasteiger charge is -2.42. The van der Waals surface area contributed by atoms with Crippen molar-refractivity contribution in [3.8, 4) is 0 Å². The second-order valence-corrected chi connectivity index (χ2v) is 4.00. The summed E-state index contributed by atoms with van der Waals surface area (Å²) in [6.07, 6.45) is 0.896. The topological polar surface area (TPSA) is 66.6 Å². The molecule has 1 amide bonds. The van der Waals surface area contributed by atoms with E-state index in [1.54, 1.807) is 0 Å². The monoisotopic (exact) mass is 172 g/mol. The fourth-order valence-corrected chi connectivity index (χ4v) is 1.58. The molecule has 1 aliphatic rings. The summed E-state index contributed by atoms with van der Waals surface area (Å²) < 4.78 is 0. The van der Waals surface area contributed by atoms with E-state index in [4.69, 9.17) is 10.8 Å². The summed E-state index contributed by atoms with van der Waals surface area (Å²) in [4.78, 5) is 12.2. The van der Waals surface area contributed by atoms with Crippen LogP contribution in [-0.4, -0.2) is 34.2 Å². The molecule has 12 heavy (non-hydrogen) atoms. The minimum atomic E-state index is -0.866. The number of piperidine rings is 1. The third kappa shape index (κ3) is 1.69. The second-order valence-electron chi connectivity index (χ2n) is 4.00. The van der Waals surface area contributed by atoms with Crippen molar-refractivity contribution in [1.82, 2.24) is 4.90 Å². The fourth-order valence-electron chi connectivity index (χ4n) is 1.58. The standard InChI is InChI=1S/C8H16N2O2/c1-8(2)4-3-6(9)5-10(8)7(11)12/h6H,3-5,9H2,1-2H3,(H,11,12). The average molecular weight is 172 g/mol. The van der Waals surface area contributed by atoms with Crippen LogP contribution in [0.25, 0.3) is 0 Å². The molecular formula is C8H16N2O2. The van der Waals surface area contributed by atoms with Crippen molar-refractivity contribution in [1.29, 1.82) is 0 Å². The van der Waals surface area contributed by atoms with E-state index < -0.39 is 6.09 Å². The first kappa shape index (κ1) is 9.32. The van der Waals surface area contributed by atoms with E-state index in [9.17, 15) is 4.79 Å². The number of hydrogen-bond donors (Lipinski definition) is 2. The zero-order valence-corrected chi connectivity index (χ0v) is 7.58. The van der Waals surface area contributed by atoms with E-state index in [0.717, 1.165) is 12.8 Å². The van der Waals surface area contributed by atoms with Crippen LogP contribution in [0.1, 0.15) is 26.7 Å². The molecule has 0 aromatic rings. The van der Waals surface area contributed by atoms with Crippen molar-refractivity contribution in [3.63, 3.8) is 0 Å². The molecule has 1 unspecified atom stereocenters. The summed E-state index contributed by atoms with van der Waals surface area (Å²) in [7, 11) is 0. The van der Waals surface area contributed by atoms with Gasteiger partial charge in [-0.25, -0.2) is 4.79 Å². The summed E-state index contributed by atoms with van der Waals surface area (Å²) >= 11 is 0. The van der Waals surface area contributed by atoms with E-state index in [1.165, 1.54) is 4.90 Å². The van der Waals surface area contributed by atoms with E-state index in [1.807, 2.05) is 13.8 Å². The molecule has 0 radical (unpaired) electrons. The second kappa shape index (κ2) is 2.94. The van der Waals surface area contributed by atoms with Crippen LogP contribution in [0.2, 0.25) is 0 Å². The van der Waals surface area contributed by atoms with Gasteiger partial charge in [0.1, 0.15) is 0 Å². The Bertz CT molecular complexity index is 191. The minimum absolute atomic E-state index is 0.00845. The van der Waals surface area contributed by atoms with Crippen LogP contribution < -0.4 is 5.73 Å². The predicted octanol–water partition coefficient (Wildman–Crippen LogP) is 0.866. The molecule has 70 valence electrons. The number of rotatable bonds is 0. The maximum Gasteiger partial charge on any atom is 0.407 e. The van der Waals surface area contributed by atoms with Crippen LogP contribution in [0.5, 0.6) is 0 Å². The first-order valence-electron chi connectivity index (χ1n) is 4.19. The number of carboxylic acid groups (broad SMARTS) is 1. The summed E-state index contributed by atoms with van der Waals surface area (Å²) in [5, 5.41) is 8.86. The Morgan fingerprint density at radius 2 is 2.25 bits per heavy atom. The molecule has 0 bridgehead atoms. The Morgan fingerprint density at radius 1 is 1.67 bits per heavy atom. The summed E-state index contributed by atoms with van der Waals surface area (Å²) in [5.74, 6) is 0. The van der Waals surface area contributed by atoms with Crippen molar-refractivity contribution in [3.05, 3.63) is 0 Å². The van der Waals surface area contributed by atoms with Gasteiger partial charge >= 0.3 is 6.09 Å². The Kier molecular flexibility index (Phi) is 2.28. The lowest BCUT2D eigenvalue weighted by Crippen LogP contribution is -2.56. The van der Waals surface area contributed by atoms with E-state index >= 15 is 0 Å². The van der Waals surface area contributed by atoms with Gasteiger partial charge in [0.2, 0.25) is 0 Å². The van der Waals surface area contributed by atoms with Gasteiger partial charge in [-0.3, -0.25) is 0 Å². The van der Waals surface area contributed by atoms with Gasteiger partial charge < -0.3 is 15.7 Å². The summed E-state index contributed by atoms with van der Waals surface area (Å²) in [6, 6.07) is 0.00845. The van der Waals surface area contributed by atoms with Gasteiger partial charge in [-0.1, -0.05) is 0 Å². The van der Waals surface area contributed by atoms with Gasteiger partial charge in [-0.2, -0.15) is 0 Å². The van der Waals surface area contributed by atoms with Gasteiger partial charge in [0.15, 0.2) is 0 Å². The molecule has 1 saturated heterocycles. The number of nitrogens with two attached hydrogens (primary N) is 1. The van der Waals surface area contributed by atoms with Crippen molar-refractivity contribution >= 4 is 6.09 Å². The SMILES string of the molecule is CC1(C)CCC(N)CN1C(=O)O. The van der Waals surface area contributed by atoms with Gasteiger partial charge in [0.05, 0.1) is 0 Å². The lowest BCUT2D eigenvalue weighted by atomic mass is 9.89. The van der Waals surface area contributed by atoms with Crippen molar-refractivity contribution < 1.29 is 9.90 Å². The summed E-state index contributed by atoms with van der Waals surface area (Å²) in [6.45, 7) is 4.34. The van der Waals surface area contributed by atoms with Gasteiger partial charge in [-0.15, -0.1) is 0 Å². The molecule has 4 nitrogen and oxygen atoms in total. The molecule has 1 atom stereocenters. The minimum Gasteiger partial charge on any atom is -0.465 e. The molecule has 4 heteroatoms. The number of carbonyl (C=O) groups is 1. The maximum atomic E-state index is 10.8. The molecular weight excluding hydrogens is 156 g/mol. The van der Waals surface area contributed by atoms with Crippen molar-refractivity contribution in [2.45, 2.75) is 38.3 Å². The molecule has 3 N–H and O–H groups in total. The molecule has 1 fully saturated rings. The zero-order chi connectivity index (χ0) is 9.35. The predicted molar refractivity (Wildman–Crippen MR) is 46.0 cm³/mol. The van der Waals surface area contributed by atoms with Crippen LogP contribution in [0.4, 0.5) is 4.79 Å². The van der Waals surface area contributed by atoms with Crippen LogP contribution >= 0.6 is 0 Å². The van der Waals surface area contributed by atoms with Gasteiger partial charge in [0, 0.05) is 18.1 Å². The van der Waals surface area contributed by atoms with Gasteiger partial charge in [-0.05, 0) is 26.7 Å². The number of hydrogen-bond acceptors (Lipinski definition) is 2. The Labute approximate surface area is 72.3 Å². The third-order valence-corrected chi connectivity index (χ3v) is 2.51. The highest BCUT2D eigenvalue weighted by Gasteiger charge is 2.35. The maximum absolute atomic E-state index is 10.8. The van der Waals surface area contributed by atoms with Gasteiger partial charge in [0.25, 0.3) is 0 Å². The first-order chi connectivity index (χ1) is 5.43. The van der Waals surface area contributed by atoms with Crippen LogP contribution in [-0.2, 0) is 0 Å². The molecule has 0 aromatic carbocycles. The number of amides is 1.